The number of nitrogens with zero attached hydrogens (tertiary/aromatic N) is 3. The van der Waals surface area contributed by atoms with E-state index in [-0.39, 0.29) is 16.5 Å². The summed E-state index contributed by atoms with van der Waals surface area (Å²) in [4.78, 5) is 17.9. The van der Waals surface area contributed by atoms with Crippen molar-refractivity contribution in [2.45, 2.75) is 38.2 Å². The van der Waals surface area contributed by atoms with E-state index in [1.807, 2.05) is 18.9 Å². The topological polar surface area (TPSA) is 91.8 Å². The molecule has 0 aliphatic heterocycles. The number of aromatic nitrogens is 1. The molecule has 0 bridgehead atoms. The molecule has 0 saturated carbocycles. The predicted molar refractivity (Wildman–Crippen MR) is 143 cm³/mol. The number of thiazole rings is 1. The van der Waals surface area contributed by atoms with E-state index in [9.17, 15) is 13.2 Å². The van der Waals surface area contributed by atoms with Gasteiger partial charge in [0.1, 0.15) is 16.3 Å². The number of benzene rings is 2. The van der Waals surface area contributed by atoms with Crippen molar-refractivity contribution < 1.29 is 22.3 Å². The van der Waals surface area contributed by atoms with E-state index < -0.39 is 32.4 Å². The number of rotatable bonds is 7. The number of hydrogen-bond donors (Lipinski definition) is 1. The van der Waals surface area contributed by atoms with Gasteiger partial charge in [0.25, 0.3) is 10.0 Å². The van der Waals surface area contributed by atoms with Gasteiger partial charge < -0.3 is 15.0 Å². The number of carbonyl (C=O) groups is 1. The predicted octanol–water partition coefficient (Wildman–Crippen LogP) is 6.92. The average Bonchev–Trinajstić information content (AvgIpc) is 3.29. The summed E-state index contributed by atoms with van der Waals surface area (Å²) in [6, 6.07) is 7.00. The van der Waals surface area contributed by atoms with Crippen molar-refractivity contribution in [2.24, 2.45) is 0 Å². The molecule has 194 valence electrons. The maximum Gasteiger partial charge on any atom is 0.430 e. The van der Waals surface area contributed by atoms with Gasteiger partial charge in [-0.3, -0.25) is 0 Å². The number of ether oxygens (including phenoxy) is 1. The summed E-state index contributed by atoms with van der Waals surface area (Å²) in [5, 5.41) is 4.79. The Morgan fingerprint density at radius 1 is 1.19 bits per heavy atom. The van der Waals surface area contributed by atoms with E-state index in [1.54, 1.807) is 39.0 Å². The number of amides is 1. The Kier molecular flexibility index (Phi) is 8.39. The van der Waals surface area contributed by atoms with Crippen LogP contribution >= 0.6 is 34.5 Å². The number of nitrogens with one attached hydrogen (secondary N) is 1. The molecule has 0 atom stereocenters. The highest BCUT2D eigenvalue weighted by atomic mass is 35.5. The molecule has 0 unspecified atom stereocenters. The highest BCUT2D eigenvalue weighted by Crippen LogP contribution is 2.37. The second-order valence-electron chi connectivity index (χ2n) is 8.66. The molecule has 3 aromatic rings. The van der Waals surface area contributed by atoms with Gasteiger partial charge in [0, 0.05) is 30.1 Å². The Morgan fingerprint density at radius 2 is 1.89 bits per heavy atom. The van der Waals surface area contributed by atoms with Crippen molar-refractivity contribution >= 4 is 73.5 Å². The lowest BCUT2D eigenvalue weighted by molar-refractivity contribution is 0.0608. The summed E-state index contributed by atoms with van der Waals surface area (Å²) >= 11 is 13.6. The second kappa shape index (κ2) is 10.8. The van der Waals surface area contributed by atoms with Crippen molar-refractivity contribution in [2.75, 3.05) is 28.1 Å². The van der Waals surface area contributed by atoms with Gasteiger partial charge >= 0.3 is 6.09 Å². The normalized spacial score (nSPS) is 11.8. The van der Waals surface area contributed by atoms with Crippen LogP contribution in [0.4, 0.5) is 32.1 Å². The molecule has 0 spiro atoms. The molecule has 3 rings (SSSR count). The molecule has 1 N–H and O–H groups in total. The molecule has 1 aromatic heterocycles. The first-order valence-electron chi connectivity index (χ1n) is 10.7. The van der Waals surface area contributed by atoms with Crippen LogP contribution in [0.15, 0.2) is 46.1 Å². The summed E-state index contributed by atoms with van der Waals surface area (Å²) in [6.45, 7) is 7.36. The minimum Gasteiger partial charge on any atom is -0.443 e. The Bertz CT molecular complexity index is 1360. The minimum atomic E-state index is -4.78. The molecule has 0 fully saturated rings. The fourth-order valence-electron chi connectivity index (χ4n) is 3.09. The van der Waals surface area contributed by atoms with E-state index in [1.165, 1.54) is 10.9 Å². The van der Waals surface area contributed by atoms with Crippen molar-refractivity contribution in [3.05, 3.63) is 57.1 Å². The van der Waals surface area contributed by atoms with Gasteiger partial charge in [0.05, 0.1) is 27.6 Å². The molecule has 8 nitrogen and oxygen atoms in total. The third-order valence-electron chi connectivity index (χ3n) is 4.84. The Hall–Kier alpha value is -2.60. The van der Waals surface area contributed by atoms with Gasteiger partial charge in [-0.25, -0.2) is 22.6 Å². The second-order valence-corrected chi connectivity index (χ2v) is 12.0. The van der Waals surface area contributed by atoms with Gasteiger partial charge in [-0.15, -0.1) is 15.6 Å². The number of carbonyl (C=O) groups excluding carboxylic acids is 1. The van der Waals surface area contributed by atoms with E-state index in [2.05, 4.69) is 10.3 Å². The third kappa shape index (κ3) is 6.20. The SMILES string of the molecule is CCN(C)c1cc(Cl)ccc1Nc1cc(F)c(S(=O)(=O)N(C(=O)OC(C)(C)C)c2cscn2)cc1Cl. The average molecular weight is 576 g/mol. The zero-order valence-corrected chi connectivity index (χ0v) is 23.3. The van der Waals surface area contributed by atoms with E-state index in [0.29, 0.717) is 21.6 Å². The lowest BCUT2D eigenvalue weighted by Gasteiger charge is -2.26. The molecule has 1 amide bonds. The van der Waals surface area contributed by atoms with E-state index in [4.69, 9.17) is 27.9 Å². The largest absolute Gasteiger partial charge is 0.443 e. The fourth-order valence-corrected chi connectivity index (χ4v) is 5.46. The zero-order valence-electron chi connectivity index (χ0n) is 20.2. The molecule has 0 radical (unpaired) electrons. The molecular weight excluding hydrogens is 550 g/mol. The maximum absolute atomic E-state index is 15.3. The molecule has 0 saturated heterocycles. The third-order valence-corrected chi connectivity index (χ3v) is 7.65. The minimum absolute atomic E-state index is 0.0857. The Balaban J connectivity index is 2.05. The van der Waals surface area contributed by atoms with Crippen LogP contribution in [0.1, 0.15) is 27.7 Å². The summed E-state index contributed by atoms with van der Waals surface area (Å²) in [6.07, 6.45) is -1.22. The number of halogens is 3. The zero-order chi connectivity index (χ0) is 26.8. The van der Waals surface area contributed by atoms with Gasteiger partial charge in [0.2, 0.25) is 0 Å². The van der Waals surface area contributed by atoms with Crippen LogP contribution in [0.2, 0.25) is 10.0 Å². The molecule has 36 heavy (non-hydrogen) atoms. The van der Waals surface area contributed by atoms with Crippen LogP contribution in [0, 0.1) is 5.82 Å². The number of sulfonamides is 1. The molecule has 13 heteroatoms. The first-order chi connectivity index (χ1) is 16.7. The lowest BCUT2D eigenvalue weighted by atomic mass is 10.2. The Labute approximate surface area is 223 Å². The first kappa shape index (κ1) is 28.0. The quantitative estimate of drug-likeness (QED) is 0.327. The number of anilines is 4. The van der Waals surface area contributed by atoms with E-state index >= 15 is 4.39 Å². The molecule has 0 aliphatic carbocycles. The van der Waals surface area contributed by atoms with Crippen LogP contribution < -0.4 is 14.5 Å². The Morgan fingerprint density at radius 3 is 2.47 bits per heavy atom. The summed E-state index contributed by atoms with van der Waals surface area (Å²) in [5.74, 6) is -1.34. The van der Waals surface area contributed by atoms with Crippen LogP contribution in [0.3, 0.4) is 0 Å². The summed E-state index contributed by atoms with van der Waals surface area (Å²) < 4.78 is 47.8. The van der Waals surface area contributed by atoms with Gasteiger partial charge in [-0.05, 0) is 52.0 Å². The van der Waals surface area contributed by atoms with Crippen molar-refractivity contribution in [3.8, 4) is 0 Å². The highest BCUT2D eigenvalue weighted by Gasteiger charge is 2.38. The monoisotopic (exact) mass is 574 g/mol. The van der Waals surface area contributed by atoms with Crippen molar-refractivity contribution in [1.82, 2.24) is 4.98 Å². The summed E-state index contributed by atoms with van der Waals surface area (Å²) in [5.41, 5.74) is 1.78. The molecular formula is C23H25Cl2FN4O4S2. The van der Waals surface area contributed by atoms with Crippen molar-refractivity contribution in [3.63, 3.8) is 0 Å². The fraction of sp³-hybridized carbons (Fsp3) is 0.304. The van der Waals surface area contributed by atoms with E-state index in [0.717, 1.165) is 29.2 Å². The summed E-state index contributed by atoms with van der Waals surface area (Å²) in [7, 11) is -2.92. The van der Waals surface area contributed by atoms with Crippen LogP contribution in [-0.2, 0) is 14.8 Å². The van der Waals surface area contributed by atoms with Gasteiger partial charge in [0.15, 0.2) is 5.82 Å². The first-order valence-corrected chi connectivity index (χ1v) is 13.8. The number of hydrogen-bond acceptors (Lipinski definition) is 8. The highest BCUT2D eigenvalue weighted by molar-refractivity contribution is 7.93. The standard InChI is InChI=1S/C23H25Cl2FN4O4S2/c1-6-29(5)19-9-14(24)7-8-17(19)28-18-11-16(26)20(10-15(18)25)36(32,33)30(21-12-35-13-27-21)22(31)34-23(2,3)4/h7-13,28H,6H2,1-5H3. The van der Waals surface area contributed by atoms with Crippen LogP contribution in [0.5, 0.6) is 0 Å². The van der Waals surface area contributed by atoms with Crippen LogP contribution in [0.25, 0.3) is 0 Å². The smallest absolute Gasteiger partial charge is 0.430 e. The molecule has 2 aromatic carbocycles. The van der Waals surface area contributed by atoms with Gasteiger partial charge in [-0.1, -0.05) is 23.2 Å². The van der Waals surface area contributed by atoms with Gasteiger partial charge in [-0.2, -0.15) is 0 Å². The maximum atomic E-state index is 15.3. The van der Waals surface area contributed by atoms with Crippen LogP contribution in [-0.4, -0.2) is 38.7 Å². The lowest BCUT2D eigenvalue weighted by Crippen LogP contribution is -2.41. The molecule has 0 aliphatic rings. The van der Waals surface area contributed by atoms with Crippen molar-refractivity contribution in [1.29, 1.82) is 0 Å². The molecule has 1 heterocycles.